The van der Waals surface area contributed by atoms with Gasteiger partial charge in [0, 0.05) is 5.02 Å². The highest BCUT2D eigenvalue weighted by atomic mass is 35.5. The van der Waals surface area contributed by atoms with Gasteiger partial charge in [0.2, 0.25) is 0 Å². The van der Waals surface area contributed by atoms with Gasteiger partial charge in [0.05, 0.1) is 12.5 Å². The molecule has 0 bridgehead atoms. The summed E-state index contributed by atoms with van der Waals surface area (Å²) in [4.78, 5) is 35.4. The van der Waals surface area contributed by atoms with Gasteiger partial charge in [-0.25, -0.2) is 0 Å². The van der Waals surface area contributed by atoms with Crippen LogP contribution >= 0.6 is 11.6 Å². The monoisotopic (exact) mass is 356 g/mol. The summed E-state index contributed by atoms with van der Waals surface area (Å²) in [7, 11) is 1.12. The molecular weight excluding hydrogens is 336 g/mol. The standard InChI is InChI=1S/C17H21ClO6/c1-16(2,13(19)20)8-9-17(14(21)22,15(23)24-3)10-11-4-6-12(18)7-5-11/h4-7H,8-10H2,1-3H3,(H,19,20)(H,21,22). The lowest BCUT2D eigenvalue weighted by atomic mass is 9.73. The second-order valence-corrected chi connectivity index (χ2v) is 6.81. The first kappa shape index (κ1) is 20.0. The molecule has 2 N–H and O–H groups in total. The third-order valence-corrected chi connectivity index (χ3v) is 4.41. The minimum atomic E-state index is -1.85. The highest BCUT2D eigenvalue weighted by molar-refractivity contribution is 6.30. The Balaban J connectivity index is 3.19. The maximum absolute atomic E-state index is 12.3. The zero-order valence-corrected chi connectivity index (χ0v) is 14.6. The molecule has 6 nitrogen and oxygen atoms in total. The third-order valence-electron chi connectivity index (χ3n) is 4.16. The van der Waals surface area contributed by atoms with Crippen LogP contribution in [0.25, 0.3) is 0 Å². The van der Waals surface area contributed by atoms with Gasteiger partial charge in [-0.05, 0) is 50.8 Å². The Hall–Kier alpha value is -2.08. The summed E-state index contributed by atoms with van der Waals surface area (Å²) in [5.41, 5.74) is -2.41. The average Bonchev–Trinajstić information content (AvgIpc) is 2.52. The molecule has 0 heterocycles. The number of benzene rings is 1. The number of rotatable bonds is 8. The molecule has 0 saturated heterocycles. The molecule has 1 rings (SSSR count). The number of ether oxygens (including phenoxy) is 1. The highest BCUT2D eigenvalue weighted by Gasteiger charge is 2.48. The number of hydrogen-bond donors (Lipinski definition) is 2. The van der Waals surface area contributed by atoms with Crippen LogP contribution in [-0.2, 0) is 25.5 Å². The Morgan fingerprint density at radius 3 is 2.00 bits per heavy atom. The fourth-order valence-corrected chi connectivity index (χ4v) is 2.44. The molecule has 0 aliphatic carbocycles. The Kier molecular flexibility index (Phi) is 6.37. The van der Waals surface area contributed by atoms with E-state index in [0.717, 1.165) is 7.11 Å². The van der Waals surface area contributed by atoms with E-state index < -0.39 is 28.7 Å². The van der Waals surface area contributed by atoms with Crippen LogP contribution in [0.2, 0.25) is 5.02 Å². The van der Waals surface area contributed by atoms with E-state index in [2.05, 4.69) is 0 Å². The van der Waals surface area contributed by atoms with Gasteiger partial charge < -0.3 is 14.9 Å². The van der Waals surface area contributed by atoms with E-state index in [1.54, 1.807) is 24.3 Å². The second kappa shape index (κ2) is 7.66. The molecule has 0 fully saturated rings. The second-order valence-electron chi connectivity index (χ2n) is 6.37. The van der Waals surface area contributed by atoms with Gasteiger partial charge >= 0.3 is 17.9 Å². The minimum absolute atomic E-state index is 0.0112. The Morgan fingerprint density at radius 1 is 1.04 bits per heavy atom. The van der Waals surface area contributed by atoms with E-state index in [1.165, 1.54) is 13.8 Å². The van der Waals surface area contributed by atoms with Gasteiger partial charge in [0.25, 0.3) is 0 Å². The zero-order valence-electron chi connectivity index (χ0n) is 13.8. The predicted molar refractivity (Wildman–Crippen MR) is 87.9 cm³/mol. The number of carbonyl (C=O) groups excluding carboxylic acids is 1. The molecule has 1 atom stereocenters. The molecule has 0 saturated carbocycles. The Labute approximate surface area is 145 Å². The predicted octanol–water partition coefficient (Wildman–Crippen LogP) is 3.02. The van der Waals surface area contributed by atoms with Crippen molar-refractivity contribution in [2.45, 2.75) is 33.1 Å². The first-order valence-electron chi connectivity index (χ1n) is 7.35. The molecule has 0 aliphatic rings. The zero-order chi connectivity index (χ0) is 18.5. The van der Waals surface area contributed by atoms with Crippen molar-refractivity contribution in [2.75, 3.05) is 7.11 Å². The van der Waals surface area contributed by atoms with E-state index in [9.17, 15) is 24.6 Å². The molecule has 1 aromatic rings. The van der Waals surface area contributed by atoms with Crippen molar-refractivity contribution in [1.82, 2.24) is 0 Å². The third kappa shape index (κ3) is 4.47. The van der Waals surface area contributed by atoms with E-state index >= 15 is 0 Å². The van der Waals surface area contributed by atoms with Crippen molar-refractivity contribution < 1.29 is 29.3 Å². The largest absolute Gasteiger partial charge is 0.481 e. The number of carboxylic acids is 2. The Bertz CT molecular complexity index is 622. The van der Waals surface area contributed by atoms with E-state index in [1.807, 2.05) is 0 Å². The van der Waals surface area contributed by atoms with Gasteiger partial charge in [-0.3, -0.25) is 14.4 Å². The molecule has 0 aromatic heterocycles. The summed E-state index contributed by atoms with van der Waals surface area (Å²) in [6, 6.07) is 6.46. The summed E-state index contributed by atoms with van der Waals surface area (Å²) in [6.07, 6.45) is -0.254. The van der Waals surface area contributed by atoms with Crippen LogP contribution in [0.15, 0.2) is 24.3 Å². The van der Waals surface area contributed by atoms with Crippen LogP contribution in [0.1, 0.15) is 32.3 Å². The number of hydrogen-bond acceptors (Lipinski definition) is 4. The molecule has 0 spiro atoms. The van der Waals surface area contributed by atoms with Gasteiger partial charge in [-0.2, -0.15) is 0 Å². The van der Waals surface area contributed by atoms with Crippen molar-refractivity contribution in [3.8, 4) is 0 Å². The highest BCUT2D eigenvalue weighted by Crippen LogP contribution is 2.36. The van der Waals surface area contributed by atoms with Crippen LogP contribution in [0.3, 0.4) is 0 Å². The molecule has 0 amide bonds. The number of esters is 1. The topological polar surface area (TPSA) is 101 Å². The molecule has 1 aromatic carbocycles. The molecular formula is C17H21ClO6. The normalized spacial score (nSPS) is 13.8. The summed E-state index contributed by atoms with van der Waals surface area (Å²) < 4.78 is 4.71. The van der Waals surface area contributed by atoms with Gasteiger partial charge in [0.15, 0.2) is 5.41 Å². The summed E-state index contributed by atoms with van der Waals surface area (Å²) >= 11 is 5.82. The van der Waals surface area contributed by atoms with Crippen molar-refractivity contribution in [3.05, 3.63) is 34.9 Å². The number of aliphatic carboxylic acids is 2. The maximum atomic E-state index is 12.3. The van der Waals surface area contributed by atoms with Crippen LogP contribution in [0.4, 0.5) is 0 Å². The van der Waals surface area contributed by atoms with Gasteiger partial charge in [0.1, 0.15) is 0 Å². The molecule has 0 aliphatic heterocycles. The van der Waals surface area contributed by atoms with Crippen molar-refractivity contribution in [3.63, 3.8) is 0 Å². The number of halogens is 1. The minimum Gasteiger partial charge on any atom is -0.481 e. The fourth-order valence-electron chi connectivity index (χ4n) is 2.31. The van der Waals surface area contributed by atoms with Crippen LogP contribution < -0.4 is 0 Å². The number of methoxy groups -OCH3 is 1. The molecule has 132 valence electrons. The lowest BCUT2D eigenvalue weighted by Crippen LogP contribution is -2.43. The summed E-state index contributed by atoms with van der Waals surface area (Å²) in [6.45, 7) is 2.98. The maximum Gasteiger partial charge on any atom is 0.323 e. The van der Waals surface area contributed by atoms with Gasteiger partial charge in [-0.15, -0.1) is 0 Å². The van der Waals surface area contributed by atoms with Crippen molar-refractivity contribution in [2.24, 2.45) is 10.8 Å². The van der Waals surface area contributed by atoms with E-state index in [-0.39, 0.29) is 19.3 Å². The molecule has 1 unspecified atom stereocenters. The van der Waals surface area contributed by atoms with Crippen LogP contribution in [0, 0.1) is 10.8 Å². The fraction of sp³-hybridized carbons (Fsp3) is 0.471. The molecule has 24 heavy (non-hydrogen) atoms. The van der Waals surface area contributed by atoms with Gasteiger partial charge in [-0.1, -0.05) is 23.7 Å². The van der Waals surface area contributed by atoms with Crippen molar-refractivity contribution in [1.29, 1.82) is 0 Å². The van der Waals surface area contributed by atoms with E-state index in [0.29, 0.717) is 10.6 Å². The first-order valence-corrected chi connectivity index (χ1v) is 7.72. The van der Waals surface area contributed by atoms with E-state index in [4.69, 9.17) is 16.3 Å². The summed E-state index contributed by atoms with van der Waals surface area (Å²) in [5, 5.41) is 19.4. The molecule has 7 heteroatoms. The summed E-state index contributed by atoms with van der Waals surface area (Å²) in [5.74, 6) is -3.30. The van der Waals surface area contributed by atoms with Crippen molar-refractivity contribution >= 4 is 29.5 Å². The number of carboxylic acid groups (broad SMARTS) is 2. The SMILES string of the molecule is COC(=O)C(CCC(C)(C)C(=O)O)(Cc1ccc(Cl)cc1)C(=O)O. The van der Waals surface area contributed by atoms with Crippen LogP contribution in [0.5, 0.6) is 0 Å². The quantitative estimate of drug-likeness (QED) is 0.548. The molecule has 0 radical (unpaired) electrons. The lowest BCUT2D eigenvalue weighted by molar-refractivity contribution is -0.169. The smallest absolute Gasteiger partial charge is 0.323 e. The van der Waals surface area contributed by atoms with Crippen LogP contribution in [-0.4, -0.2) is 35.2 Å². The lowest BCUT2D eigenvalue weighted by Gasteiger charge is -2.30. The first-order chi connectivity index (χ1) is 11.0. The Morgan fingerprint density at radius 2 is 1.58 bits per heavy atom. The average molecular weight is 357 g/mol. The number of carbonyl (C=O) groups is 3.